The first-order chi connectivity index (χ1) is 10.1. The SMILES string of the molecule is COC(=O)c1ccccc1C(=O)c1ccccc1[N+](=O)[O-]. The third-order valence-electron chi connectivity index (χ3n) is 2.92. The molecule has 6 nitrogen and oxygen atoms in total. The van der Waals surface area contributed by atoms with Gasteiger partial charge in [-0.05, 0) is 12.1 Å². The molecule has 0 saturated carbocycles. The molecule has 0 atom stereocenters. The zero-order chi connectivity index (χ0) is 15.4. The van der Waals surface area contributed by atoms with Gasteiger partial charge in [0, 0.05) is 11.6 Å². The van der Waals surface area contributed by atoms with E-state index in [1.54, 1.807) is 12.1 Å². The third-order valence-corrected chi connectivity index (χ3v) is 2.92. The van der Waals surface area contributed by atoms with E-state index in [0.717, 1.165) is 0 Å². The molecule has 0 heterocycles. The molecule has 106 valence electrons. The highest BCUT2D eigenvalue weighted by Gasteiger charge is 2.24. The van der Waals surface area contributed by atoms with E-state index in [0.29, 0.717) is 0 Å². The molecule has 0 aliphatic rings. The molecule has 0 aliphatic heterocycles. The summed E-state index contributed by atoms with van der Waals surface area (Å²) in [5.41, 5.74) is -0.233. The average molecular weight is 285 g/mol. The van der Waals surface area contributed by atoms with Crippen molar-refractivity contribution in [2.24, 2.45) is 0 Å². The molecule has 0 fully saturated rings. The summed E-state index contributed by atoms with van der Waals surface area (Å²) in [5.74, 6) is -1.26. The maximum Gasteiger partial charge on any atom is 0.338 e. The quantitative estimate of drug-likeness (QED) is 0.373. The van der Waals surface area contributed by atoms with Crippen LogP contribution in [-0.2, 0) is 4.74 Å². The minimum atomic E-state index is -0.669. The highest BCUT2D eigenvalue weighted by Crippen LogP contribution is 2.23. The van der Waals surface area contributed by atoms with Crippen LogP contribution in [0.3, 0.4) is 0 Å². The van der Waals surface area contributed by atoms with Crippen molar-refractivity contribution in [3.63, 3.8) is 0 Å². The second-order valence-electron chi connectivity index (χ2n) is 4.14. The fourth-order valence-corrected chi connectivity index (χ4v) is 1.94. The average Bonchev–Trinajstić information content (AvgIpc) is 2.53. The van der Waals surface area contributed by atoms with Crippen molar-refractivity contribution in [3.8, 4) is 0 Å². The second-order valence-corrected chi connectivity index (χ2v) is 4.14. The Morgan fingerprint density at radius 3 is 2.05 bits per heavy atom. The van der Waals surface area contributed by atoms with Gasteiger partial charge in [-0.15, -0.1) is 0 Å². The van der Waals surface area contributed by atoms with Crippen molar-refractivity contribution in [2.45, 2.75) is 0 Å². The maximum absolute atomic E-state index is 12.5. The number of carbonyl (C=O) groups is 2. The van der Waals surface area contributed by atoms with E-state index < -0.39 is 16.7 Å². The van der Waals surface area contributed by atoms with Gasteiger partial charge in [-0.2, -0.15) is 0 Å². The van der Waals surface area contributed by atoms with Gasteiger partial charge in [-0.1, -0.05) is 30.3 Å². The van der Waals surface area contributed by atoms with Gasteiger partial charge >= 0.3 is 5.97 Å². The van der Waals surface area contributed by atoms with Crippen molar-refractivity contribution in [2.75, 3.05) is 7.11 Å². The van der Waals surface area contributed by atoms with Crippen LogP contribution in [0.2, 0.25) is 0 Å². The first-order valence-corrected chi connectivity index (χ1v) is 6.01. The topological polar surface area (TPSA) is 86.5 Å². The molecular weight excluding hydrogens is 274 g/mol. The van der Waals surface area contributed by atoms with Crippen molar-refractivity contribution in [1.82, 2.24) is 0 Å². The summed E-state index contributed by atoms with van der Waals surface area (Å²) in [6, 6.07) is 11.6. The lowest BCUT2D eigenvalue weighted by molar-refractivity contribution is -0.385. The first-order valence-electron chi connectivity index (χ1n) is 6.01. The van der Waals surface area contributed by atoms with Crippen LogP contribution >= 0.6 is 0 Å². The third kappa shape index (κ3) is 2.79. The molecule has 0 N–H and O–H groups in total. The van der Waals surface area contributed by atoms with Crippen LogP contribution in [0.15, 0.2) is 48.5 Å². The van der Waals surface area contributed by atoms with Gasteiger partial charge in [0.2, 0.25) is 5.78 Å². The summed E-state index contributed by atoms with van der Waals surface area (Å²) in [6.07, 6.45) is 0. The summed E-state index contributed by atoms with van der Waals surface area (Å²) in [6.45, 7) is 0. The van der Waals surface area contributed by atoms with E-state index in [4.69, 9.17) is 0 Å². The Morgan fingerprint density at radius 2 is 1.48 bits per heavy atom. The number of benzene rings is 2. The Hall–Kier alpha value is -3.02. The number of hydrogen-bond donors (Lipinski definition) is 0. The Bertz CT molecular complexity index is 724. The molecule has 2 aromatic carbocycles. The van der Waals surface area contributed by atoms with E-state index in [-0.39, 0.29) is 22.4 Å². The Morgan fingerprint density at radius 1 is 0.952 bits per heavy atom. The van der Waals surface area contributed by atoms with Crippen LogP contribution in [0.4, 0.5) is 5.69 Å². The van der Waals surface area contributed by atoms with E-state index >= 15 is 0 Å². The highest BCUT2D eigenvalue weighted by atomic mass is 16.6. The van der Waals surface area contributed by atoms with Crippen molar-refractivity contribution >= 4 is 17.4 Å². The molecule has 0 bridgehead atoms. The summed E-state index contributed by atoms with van der Waals surface area (Å²) in [5, 5.41) is 11.0. The number of rotatable bonds is 4. The lowest BCUT2D eigenvalue weighted by Gasteiger charge is -2.07. The lowest BCUT2D eigenvalue weighted by Crippen LogP contribution is -2.12. The number of methoxy groups -OCH3 is 1. The molecule has 0 spiro atoms. The van der Waals surface area contributed by atoms with Crippen LogP contribution in [0.1, 0.15) is 26.3 Å². The first kappa shape index (κ1) is 14.4. The van der Waals surface area contributed by atoms with E-state index in [9.17, 15) is 19.7 Å². The zero-order valence-corrected chi connectivity index (χ0v) is 11.1. The van der Waals surface area contributed by atoms with Gasteiger partial charge in [-0.3, -0.25) is 14.9 Å². The number of ether oxygens (including phenoxy) is 1. The van der Waals surface area contributed by atoms with Gasteiger partial charge in [0.25, 0.3) is 5.69 Å². The van der Waals surface area contributed by atoms with Crippen LogP contribution in [0, 0.1) is 10.1 Å². The summed E-state index contributed by atoms with van der Waals surface area (Å²) < 4.78 is 4.62. The number of carbonyl (C=O) groups excluding carboxylic acids is 2. The highest BCUT2D eigenvalue weighted by molar-refractivity contribution is 6.16. The minimum absolute atomic E-state index is 0.0682. The summed E-state index contributed by atoms with van der Waals surface area (Å²) in [7, 11) is 1.20. The molecule has 6 heteroatoms. The Kier molecular flexibility index (Phi) is 4.08. The second kappa shape index (κ2) is 5.96. The van der Waals surface area contributed by atoms with Gasteiger partial charge in [0.15, 0.2) is 0 Å². The van der Waals surface area contributed by atoms with Crippen molar-refractivity contribution < 1.29 is 19.2 Å². The van der Waals surface area contributed by atoms with Crippen molar-refractivity contribution in [1.29, 1.82) is 0 Å². The lowest BCUT2D eigenvalue weighted by atomic mass is 9.97. The molecule has 0 amide bonds. The number of nitro groups is 1. The normalized spacial score (nSPS) is 9.95. The molecule has 0 saturated heterocycles. The predicted molar refractivity (Wildman–Crippen MR) is 74.3 cm³/mol. The molecule has 0 aliphatic carbocycles. The van der Waals surface area contributed by atoms with Crippen LogP contribution < -0.4 is 0 Å². The largest absolute Gasteiger partial charge is 0.465 e. The zero-order valence-electron chi connectivity index (χ0n) is 11.1. The van der Waals surface area contributed by atoms with Gasteiger partial charge in [-0.25, -0.2) is 4.79 Å². The fourth-order valence-electron chi connectivity index (χ4n) is 1.94. The maximum atomic E-state index is 12.5. The number of para-hydroxylation sites is 1. The minimum Gasteiger partial charge on any atom is -0.465 e. The molecule has 0 aromatic heterocycles. The smallest absolute Gasteiger partial charge is 0.338 e. The number of hydrogen-bond acceptors (Lipinski definition) is 5. The molecule has 0 radical (unpaired) electrons. The van der Waals surface area contributed by atoms with Gasteiger partial charge in [0.05, 0.1) is 17.6 Å². The number of esters is 1. The summed E-state index contributed by atoms with van der Waals surface area (Å²) >= 11 is 0. The van der Waals surface area contributed by atoms with Crippen LogP contribution in [0.25, 0.3) is 0 Å². The molecule has 2 rings (SSSR count). The molecular formula is C15H11NO5. The van der Waals surface area contributed by atoms with Gasteiger partial charge < -0.3 is 4.74 Å². The number of ketones is 1. The van der Waals surface area contributed by atoms with Crippen molar-refractivity contribution in [3.05, 3.63) is 75.3 Å². The van der Waals surface area contributed by atoms with E-state index in [2.05, 4.69) is 4.74 Å². The predicted octanol–water partition coefficient (Wildman–Crippen LogP) is 2.61. The van der Waals surface area contributed by atoms with Crippen LogP contribution in [0.5, 0.6) is 0 Å². The van der Waals surface area contributed by atoms with Crippen LogP contribution in [-0.4, -0.2) is 23.8 Å². The number of nitro benzene ring substituents is 1. The fraction of sp³-hybridized carbons (Fsp3) is 0.0667. The van der Waals surface area contributed by atoms with Gasteiger partial charge in [0.1, 0.15) is 5.56 Å². The Labute approximate surface area is 120 Å². The Balaban J connectivity index is 2.56. The number of nitrogens with zero attached hydrogens (tertiary/aromatic N) is 1. The monoisotopic (exact) mass is 285 g/mol. The molecule has 21 heavy (non-hydrogen) atoms. The standard InChI is InChI=1S/C15H11NO5/c1-21-15(18)11-7-3-2-6-10(11)14(17)12-8-4-5-9-13(12)16(19)20/h2-9H,1H3. The summed E-state index contributed by atoms with van der Waals surface area (Å²) in [4.78, 5) is 34.5. The molecule has 2 aromatic rings. The molecule has 0 unspecified atom stereocenters. The van der Waals surface area contributed by atoms with E-state index in [1.165, 1.54) is 43.5 Å². The van der Waals surface area contributed by atoms with E-state index in [1.807, 2.05) is 0 Å².